The van der Waals surface area contributed by atoms with Crippen molar-refractivity contribution in [2.75, 3.05) is 26.2 Å². The van der Waals surface area contributed by atoms with Crippen LogP contribution in [0.4, 0.5) is 0 Å². The second-order valence-corrected chi connectivity index (χ2v) is 9.62. The van der Waals surface area contributed by atoms with E-state index in [0.29, 0.717) is 18.4 Å². The maximum atomic E-state index is 12.5. The van der Waals surface area contributed by atoms with Crippen molar-refractivity contribution in [2.24, 2.45) is 5.92 Å². The number of benzene rings is 2. The van der Waals surface area contributed by atoms with Gasteiger partial charge in [-0.25, -0.2) is 4.63 Å². The highest BCUT2D eigenvalue weighted by Gasteiger charge is 2.25. The van der Waals surface area contributed by atoms with Crippen LogP contribution in [0.1, 0.15) is 43.2 Å². The van der Waals surface area contributed by atoms with Crippen molar-refractivity contribution in [3.05, 3.63) is 59.7 Å². The first kappa shape index (κ1) is 22.0. The molecule has 1 atom stereocenters. The van der Waals surface area contributed by atoms with Crippen molar-refractivity contribution < 1.29 is 9.42 Å². The molecule has 3 aromatic rings. The van der Waals surface area contributed by atoms with E-state index in [9.17, 15) is 4.79 Å². The Labute approximate surface area is 195 Å². The molecule has 1 aromatic heterocycles. The molecular weight excluding hydrogens is 414 g/mol. The van der Waals surface area contributed by atoms with Gasteiger partial charge >= 0.3 is 0 Å². The molecule has 0 bridgehead atoms. The van der Waals surface area contributed by atoms with E-state index in [4.69, 9.17) is 4.63 Å². The number of hydrogen-bond acceptors (Lipinski definition) is 6. The molecule has 174 valence electrons. The summed E-state index contributed by atoms with van der Waals surface area (Å²) in [5, 5.41) is 11.1. The maximum Gasteiger partial charge on any atom is 0.220 e. The third kappa shape index (κ3) is 5.97. The van der Waals surface area contributed by atoms with Gasteiger partial charge in [0, 0.05) is 38.6 Å². The fourth-order valence-corrected chi connectivity index (χ4v) is 5.19. The van der Waals surface area contributed by atoms with Gasteiger partial charge in [0.2, 0.25) is 5.91 Å². The van der Waals surface area contributed by atoms with Gasteiger partial charge in [-0.3, -0.25) is 14.6 Å². The van der Waals surface area contributed by atoms with Crippen LogP contribution in [0, 0.1) is 5.92 Å². The number of carbonyl (C=O) groups excluding carboxylic acids is 1. The zero-order valence-corrected chi connectivity index (χ0v) is 19.2. The lowest BCUT2D eigenvalue weighted by Crippen LogP contribution is -2.37. The molecule has 1 amide bonds. The minimum atomic E-state index is 0.221. The monoisotopic (exact) mass is 447 g/mol. The number of likely N-dealkylation sites (tertiary alicyclic amines) is 2. The number of nitrogens with zero attached hydrogens (tertiary/aromatic N) is 4. The minimum absolute atomic E-state index is 0.221. The smallest absolute Gasteiger partial charge is 0.220 e. The fraction of sp³-hybridized carbons (Fsp3) is 0.500. The number of carbonyl (C=O) groups is 1. The van der Waals surface area contributed by atoms with Crippen LogP contribution in [-0.2, 0) is 17.9 Å². The molecular formula is C26H33N5O2. The van der Waals surface area contributed by atoms with Crippen LogP contribution < -0.4 is 5.32 Å². The van der Waals surface area contributed by atoms with E-state index >= 15 is 0 Å². The Morgan fingerprint density at radius 1 is 0.909 bits per heavy atom. The summed E-state index contributed by atoms with van der Waals surface area (Å²) in [4.78, 5) is 17.5. The van der Waals surface area contributed by atoms with Crippen LogP contribution >= 0.6 is 0 Å². The van der Waals surface area contributed by atoms with Crippen LogP contribution in [0.25, 0.3) is 11.0 Å². The van der Waals surface area contributed by atoms with E-state index in [1.54, 1.807) is 0 Å². The van der Waals surface area contributed by atoms with Gasteiger partial charge in [-0.1, -0.05) is 36.4 Å². The molecule has 7 heteroatoms. The minimum Gasteiger partial charge on any atom is -0.352 e. The summed E-state index contributed by atoms with van der Waals surface area (Å²) in [5.41, 5.74) is 4.21. The molecule has 0 saturated carbocycles. The van der Waals surface area contributed by atoms with Crippen LogP contribution in [-0.4, -0.2) is 58.2 Å². The van der Waals surface area contributed by atoms with E-state index in [0.717, 1.165) is 76.0 Å². The molecule has 1 N–H and O–H groups in total. The van der Waals surface area contributed by atoms with Gasteiger partial charge in [0.1, 0.15) is 11.0 Å². The lowest BCUT2D eigenvalue weighted by Gasteiger charge is -2.32. The Morgan fingerprint density at radius 2 is 1.67 bits per heavy atom. The fourth-order valence-electron chi connectivity index (χ4n) is 5.19. The third-order valence-electron chi connectivity index (χ3n) is 7.10. The molecule has 0 aliphatic carbocycles. The van der Waals surface area contributed by atoms with Crippen LogP contribution in [0.2, 0.25) is 0 Å². The van der Waals surface area contributed by atoms with E-state index in [-0.39, 0.29) is 5.91 Å². The molecule has 0 radical (unpaired) electrons. The van der Waals surface area contributed by atoms with Crippen LogP contribution in [0.3, 0.4) is 0 Å². The maximum absolute atomic E-state index is 12.5. The largest absolute Gasteiger partial charge is 0.352 e. The molecule has 1 unspecified atom stereocenters. The zero-order chi connectivity index (χ0) is 22.5. The molecule has 0 spiro atoms. The zero-order valence-electron chi connectivity index (χ0n) is 19.2. The van der Waals surface area contributed by atoms with E-state index < -0.39 is 0 Å². The quantitative estimate of drug-likeness (QED) is 0.569. The number of nitrogens with one attached hydrogen (secondary N) is 1. The Balaban J connectivity index is 0.988. The van der Waals surface area contributed by atoms with Crippen molar-refractivity contribution in [3.8, 4) is 0 Å². The molecule has 2 aromatic carbocycles. The predicted octanol–water partition coefficient (Wildman–Crippen LogP) is 3.61. The van der Waals surface area contributed by atoms with Gasteiger partial charge in [-0.05, 0) is 78.3 Å². The molecule has 7 nitrogen and oxygen atoms in total. The summed E-state index contributed by atoms with van der Waals surface area (Å²) in [6, 6.07) is 17.0. The van der Waals surface area contributed by atoms with Gasteiger partial charge < -0.3 is 5.32 Å². The van der Waals surface area contributed by atoms with Crippen molar-refractivity contribution in [1.29, 1.82) is 0 Å². The number of hydrogen-bond donors (Lipinski definition) is 1. The molecule has 3 heterocycles. The lowest BCUT2D eigenvalue weighted by atomic mass is 9.91. The van der Waals surface area contributed by atoms with Crippen LogP contribution in [0.5, 0.6) is 0 Å². The van der Waals surface area contributed by atoms with E-state index in [1.807, 2.05) is 6.07 Å². The van der Waals surface area contributed by atoms with Crippen molar-refractivity contribution in [1.82, 2.24) is 25.4 Å². The Hall–Kier alpha value is -2.77. The highest BCUT2D eigenvalue weighted by atomic mass is 16.6. The average Bonchev–Trinajstić information content (AvgIpc) is 3.48. The third-order valence-corrected chi connectivity index (χ3v) is 7.10. The number of fused-ring (bicyclic) bond motifs is 1. The molecule has 5 rings (SSSR count). The van der Waals surface area contributed by atoms with Crippen molar-refractivity contribution in [2.45, 2.75) is 51.2 Å². The molecule has 2 aliphatic rings. The first-order valence-corrected chi connectivity index (χ1v) is 12.2. The standard InChI is InChI=1S/C26H33N5O2/c32-26(27-23-12-15-31(19-23)17-21-4-2-1-3-5-21)9-7-20-10-13-30(14-11-20)18-22-6-8-24-25(16-22)29-33-28-24/h1-6,8,16,20,23H,7,9-15,17-19H2,(H,27,32). The highest BCUT2D eigenvalue weighted by Crippen LogP contribution is 2.24. The summed E-state index contributed by atoms with van der Waals surface area (Å²) in [7, 11) is 0. The molecule has 2 fully saturated rings. The van der Waals surface area contributed by atoms with E-state index in [2.05, 4.69) is 67.9 Å². The summed E-state index contributed by atoms with van der Waals surface area (Å²) in [6.45, 7) is 6.07. The Bertz CT molecular complexity index is 1050. The number of rotatable bonds is 8. The van der Waals surface area contributed by atoms with Gasteiger partial charge in [0.05, 0.1) is 0 Å². The predicted molar refractivity (Wildman–Crippen MR) is 127 cm³/mol. The van der Waals surface area contributed by atoms with Gasteiger partial charge in [0.25, 0.3) is 0 Å². The number of piperidine rings is 1. The molecule has 2 saturated heterocycles. The second-order valence-electron chi connectivity index (χ2n) is 9.62. The van der Waals surface area contributed by atoms with Crippen LogP contribution in [0.15, 0.2) is 53.2 Å². The van der Waals surface area contributed by atoms with Crippen molar-refractivity contribution in [3.63, 3.8) is 0 Å². The number of amides is 1. The highest BCUT2D eigenvalue weighted by molar-refractivity contribution is 5.76. The van der Waals surface area contributed by atoms with E-state index in [1.165, 1.54) is 11.1 Å². The second kappa shape index (κ2) is 10.4. The molecule has 2 aliphatic heterocycles. The average molecular weight is 448 g/mol. The normalized spacial score (nSPS) is 20.4. The summed E-state index contributed by atoms with van der Waals surface area (Å²) in [6.07, 6.45) is 5.02. The summed E-state index contributed by atoms with van der Waals surface area (Å²) < 4.78 is 4.79. The SMILES string of the molecule is O=C(CCC1CCN(Cc2ccc3nonc3c2)CC1)NC1CCN(Cc2ccccc2)C1. The Morgan fingerprint density at radius 3 is 2.52 bits per heavy atom. The Kier molecular flexibility index (Phi) is 6.98. The number of aromatic nitrogens is 2. The first-order valence-electron chi connectivity index (χ1n) is 12.2. The van der Waals surface area contributed by atoms with Gasteiger partial charge in [0.15, 0.2) is 0 Å². The molecule has 33 heavy (non-hydrogen) atoms. The summed E-state index contributed by atoms with van der Waals surface area (Å²) in [5.74, 6) is 0.867. The van der Waals surface area contributed by atoms with Crippen molar-refractivity contribution >= 4 is 16.9 Å². The first-order chi connectivity index (χ1) is 16.2. The topological polar surface area (TPSA) is 74.5 Å². The summed E-state index contributed by atoms with van der Waals surface area (Å²) >= 11 is 0. The van der Waals surface area contributed by atoms with Gasteiger partial charge in [-0.15, -0.1) is 0 Å². The van der Waals surface area contributed by atoms with Gasteiger partial charge in [-0.2, -0.15) is 0 Å². The lowest BCUT2D eigenvalue weighted by molar-refractivity contribution is -0.122.